The summed E-state index contributed by atoms with van der Waals surface area (Å²) in [7, 11) is -7.46. The van der Waals surface area contributed by atoms with Crippen LogP contribution in [0.1, 0.15) is 24.8 Å². The van der Waals surface area contributed by atoms with Gasteiger partial charge in [0.25, 0.3) is 15.9 Å². The fourth-order valence-corrected chi connectivity index (χ4v) is 7.87. The molecule has 3 aromatic carbocycles. The van der Waals surface area contributed by atoms with Crippen molar-refractivity contribution in [2.24, 2.45) is 0 Å². The number of amides is 1. The Hall–Kier alpha value is -3.61. The lowest BCUT2D eigenvalue weighted by molar-refractivity contribution is -0.127. The number of ether oxygens (including phenoxy) is 2. The van der Waals surface area contributed by atoms with Crippen LogP contribution in [0.3, 0.4) is 0 Å². The summed E-state index contributed by atoms with van der Waals surface area (Å²) in [6, 6.07) is 19.5. The average Bonchev–Trinajstić information content (AvgIpc) is 2.99. The summed E-state index contributed by atoms with van der Waals surface area (Å²) in [5.41, 5.74) is 1.24. The van der Waals surface area contributed by atoms with Gasteiger partial charge in [0.2, 0.25) is 10.0 Å². The van der Waals surface area contributed by atoms with Gasteiger partial charge in [0, 0.05) is 13.1 Å². The van der Waals surface area contributed by atoms with Gasteiger partial charge < -0.3 is 14.8 Å². The summed E-state index contributed by atoms with van der Waals surface area (Å²) in [6.07, 6.45) is 1.71. The van der Waals surface area contributed by atoms with Crippen LogP contribution >= 0.6 is 0 Å². The molecule has 0 unspecified atom stereocenters. The van der Waals surface area contributed by atoms with E-state index in [0.717, 1.165) is 24.8 Å². The number of carbonyl (C=O) groups excluding carboxylic acids is 1. The first-order valence-corrected chi connectivity index (χ1v) is 16.4. The van der Waals surface area contributed by atoms with Crippen molar-refractivity contribution in [2.45, 2.75) is 42.1 Å². The first-order valence-electron chi connectivity index (χ1n) is 13.5. The van der Waals surface area contributed by atoms with Gasteiger partial charge in [0.15, 0.2) is 6.10 Å². The highest BCUT2D eigenvalue weighted by molar-refractivity contribution is 7.92. The smallest absolute Gasteiger partial charge is 0.264 e. The molecule has 3 aromatic rings. The van der Waals surface area contributed by atoms with E-state index >= 15 is 0 Å². The van der Waals surface area contributed by atoms with Gasteiger partial charge in [-0.1, -0.05) is 30.7 Å². The first-order chi connectivity index (χ1) is 19.7. The molecule has 2 aliphatic rings. The Morgan fingerprint density at radius 1 is 0.902 bits per heavy atom. The van der Waals surface area contributed by atoms with E-state index in [4.69, 9.17) is 9.47 Å². The van der Waals surface area contributed by atoms with Gasteiger partial charge in [-0.2, -0.15) is 4.31 Å². The molecule has 12 heteroatoms. The number of benzene rings is 3. The number of sulfonamides is 2. The third-order valence-electron chi connectivity index (χ3n) is 7.05. The Balaban J connectivity index is 1.19. The summed E-state index contributed by atoms with van der Waals surface area (Å²) in [4.78, 5) is 13.4. The molecule has 41 heavy (non-hydrogen) atoms. The standard InChI is InChI=1S/C29H33N3O7S2/c1-22-10-15-27-26(20-22)32(41(36,37)24-8-4-2-5-9-24)21-28(39-27)29(33)30-16-19-38-23-11-13-25(14-12-23)40(34,35)31-17-6-3-7-18-31/h2,4-5,8-15,20,28H,3,6-7,16-19,21H2,1H3,(H,30,33)/t28-/m1/s1. The van der Waals surface area contributed by atoms with Crippen LogP contribution in [0.2, 0.25) is 0 Å². The number of nitrogens with one attached hydrogen (secondary N) is 1. The molecule has 218 valence electrons. The van der Waals surface area contributed by atoms with E-state index in [1.54, 1.807) is 48.5 Å². The number of hydrogen-bond acceptors (Lipinski definition) is 7. The van der Waals surface area contributed by atoms with E-state index in [0.29, 0.717) is 30.3 Å². The van der Waals surface area contributed by atoms with Crippen molar-refractivity contribution in [3.8, 4) is 11.5 Å². The molecular formula is C29H33N3O7S2. The highest BCUT2D eigenvalue weighted by Crippen LogP contribution is 2.37. The molecule has 2 aliphatic heterocycles. The van der Waals surface area contributed by atoms with Gasteiger partial charge in [-0.15, -0.1) is 0 Å². The molecule has 1 amide bonds. The number of fused-ring (bicyclic) bond motifs is 1. The van der Waals surface area contributed by atoms with E-state index in [1.807, 2.05) is 6.92 Å². The molecule has 1 atom stereocenters. The van der Waals surface area contributed by atoms with Crippen LogP contribution < -0.4 is 19.1 Å². The Labute approximate surface area is 241 Å². The second kappa shape index (κ2) is 12.1. The molecule has 0 aliphatic carbocycles. The van der Waals surface area contributed by atoms with Gasteiger partial charge in [-0.3, -0.25) is 9.10 Å². The molecule has 1 N–H and O–H groups in total. The zero-order valence-electron chi connectivity index (χ0n) is 22.7. The van der Waals surface area contributed by atoms with Crippen LogP contribution in [0.5, 0.6) is 11.5 Å². The number of anilines is 1. The molecule has 0 bridgehead atoms. The van der Waals surface area contributed by atoms with Gasteiger partial charge in [0.1, 0.15) is 18.1 Å². The molecule has 0 spiro atoms. The topological polar surface area (TPSA) is 122 Å². The van der Waals surface area contributed by atoms with Crippen molar-refractivity contribution in [2.75, 3.05) is 37.1 Å². The molecule has 0 aromatic heterocycles. The third kappa shape index (κ3) is 6.34. The maximum Gasteiger partial charge on any atom is 0.264 e. The zero-order chi connectivity index (χ0) is 29.0. The number of aryl methyl sites for hydroxylation is 1. The van der Waals surface area contributed by atoms with Gasteiger partial charge in [-0.05, 0) is 73.9 Å². The molecule has 10 nitrogen and oxygen atoms in total. The fraction of sp³-hybridized carbons (Fsp3) is 0.345. The highest BCUT2D eigenvalue weighted by atomic mass is 32.2. The minimum absolute atomic E-state index is 0.122. The van der Waals surface area contributed by atoms with Gasteiger partial charge >= 0.3 is 0 Å². The lowest BCUT2D eigenvalue weighted by Crippen LogP contribution is -2.51. The van der Waals surface area contributed by atoms with E-state index < -0.39 is 32.1 Å². The molecule has 1 saturated heterocycles. The lowest BCUT2D eigenvalue weighted by Gasteiger charge is -2.35. The van der Waals surface area contributed by atoms with Crippen LogP contribution in [0, 0.1) is 6.92 Å². The van der Waals surface area contributed by atoms with Crippen molar-refractivity contribution in [1.29, 1.82) is 0 Å². The summed E-state index contributed by atoms with van der Waals surface area (Å²) in [5.74, 6) is 0.295. The monoisotopic (exact) mass is 599 g/mol. The summed E-state index contributed by atoms with van der Waals surface area (Å²) < 4.78 is 67.0. The number of piperidine rings is 1. The first kappa shape index (κ1) is 28.9. The third-order valence-corrected chi connectivity index (χ3v) is 10.8. The second-order valence-electron chi connectivity index (χ2n) is 10.0. The normalized spacial score (nSPS) is 17.8. The van der Waals surface area contributed by atoms with Crippen LogP contribution in [0.15, 0.2) is 82.6 Å². The largest absolute Gasteiger partial charge is 0.492 e. The van der Waals surface area contributed by atoms with Crippen molar-refractivity contribution >= 4 is 31.6 Å². The summed E-state index contributed by atoms with van der Waals surface area (Å²) in [5, 5.41) is 2.74. The molecular weight excluding hydrogens is 566 g/mol. The van der Waals surface area contributed by atoms with Crippen LogP contribution in [0.4, 0.5) is 5.69 Å². The van der Waals surface area contributed by atoms with Crippen molar-refractivity contribution < 1.29 is 31.1 Å². The maximum atomic E-state index is 13.5. The van der Waals surface area contributed by atoms with Gasteiger partial charge in [-0.25, -0.2) is 16.8 Å². The zero-order valence-corrected chi connectivity index (χ0v) is 24.4. The summed E-state index contributed by atoms with van der Waals surface area (Å²) >= 11 is 0. The number of rotatable bonds is 9. The van der Waals surface area contributed by atoms with Crippen molar-refractivity contribution in [3.63, 3.8) is 0 Å². The lowest BCUT2D eigenvalue weighted by atomic mass is 10.1. The average molecular weight is 600 g/mol. The van der Waals surface area contributed by atoms with Crippen molar-refractivity contribution in [3.05, 3.63) is 78.4 Å². The summed E-state index contributed by atoms with van der Waals surface area (Å²) in [6.45, 7) is 3.00. The van der Waals surface area contributed by atoms with Crippen LogP contribution in [-0.2, 0) is 24.8 Å². The second-order valence-corrected chi connectivity index (χ2v) is 13.8. The van der Waals surface area contributed by atoms with E-state index in [9.17, 15) is 21.6 Å². The Bertz CT molecular complexity index is 1590. The number of carbonyl (C=O) groups is 1. The molecule has 2 heterocycles. The fourth-order valence-electron chi connectivity index (χ4n) is 4.86. The number of hydrogen-bond donors (Lipinski definition) is 1. The Morgan fingerprint density at radius 2 is 1.59 bits per heavy atom. The quantitative estimate of drug-likeness (QED) is 0.375. The van der Waals surface area contributed by atoms with Crippen LogP contribution in [-0.4, -0.2) is 65.9 Å². The van der Waals surface area contributed by atoms with E-state index in [1.165, 1.54) is 32.9 Å². The minimum Gasteiger partial charge on any atom is -0.492 e. The van der Waals surface area contributed by atoms with Crippen molar-refractivity contribution in [1.82, 2.24) is 9.62 Å². The number of nitrogens with zero attached hydrogens (tertiary/aromatic N) is 2. The molecule has 5 rings (SSSR count). The minimum atomic E-state index is -3.94. The highest BCUT2D eigenvalue weighted by Gasteiger charge is 2.37. The van der Waals surface area contributed by atoms with Crippen LogP contribution in [0.25, 0.3) is 0 Å². The predicted octanol–water partition coefficient (Wildman–Crippen LogP) is 3.32. The van der Waals surface area contributed by atoms with Gasteiger partial charge in [0.05, 0.1) is 28.6 Å². The predicted molar refractivity (Wildman–Crippen MR) is 154 cm³/mol. The SMILES string of the molecule is Cc1ccc2c(c1)N(S(=O)(=O)c1ccccc1)C[C@H](C(=O)NCCOc1ccc(S(=O)(=O)N3CCCCC3)cc1)O2. The molecule has 0 radical (unpaired) electrons. The Morgan fingerprint density at radius 3 is 2.29 bits per heavy atom. The maximum absolute atomic E-state index is 13.5. The Kier molecular flexibility index (Phi) is 8.52. The van der Waals surface area contributed by atoms with E-state index in [-0.39, 0.29) is 29.5 Å². The van der Waals surface area contributed by atoms with E-state index in [2.05, 4.69) is 5.32 Å². The molecule has 1 fully saturated rings. The molecule has 0 saturated carbocycles.